The largest absolute Gasteiger partial charge is 0.509 e. The van der Waals surface area contributed by atoms with Crippen molar-refractivity contribution >= 4 is 12.1 Å². The SMILES string of the molecule is CC(=O)OCC1OC(=O)OC1C. The third kappa shape index (κ3) is 2.11. The Kier molecular flexibility index (Phi) is 2.52. The number of hydrogen-bond donors (Lipinski definition) is 0. The Morgan fingerprint density at radius 2 is 2.25 bits per heavy atom. The summed E-state index contributed by atoms with van der Waals surface area (Å²) in [6, 6.07) is 0. The van der Waals surface area contributed by atoms with Gasteiger partial charge in [0.25, 0.3) is 0 Å². The summed E-state index contributed by atoms with van der Waals surface area (Å²) in [5.41, 5.74) is 0. The van der Waals surface area contributed by atoms with E-state index in [9.17, 15) is 9.59 Å². The normalized spacial score (nSPS) is 27.7. The van der Waals surface area contributed by atoms with Crippen LogP contribution in [0.15, 0.2) is 0 Å². The van der Waals surface area contributed by atoms with Crippen LogP contribution in [0.2, 0.25) is 0 Å². The minimum absolute atomic E-state index is 0.0578. The summed E-state index contributed by atoms with van der Waals surface area (Å²) in [5.74, 6) is -0.398. The van der Waals surface area contributed by atoms with E-state index in [0.29, 0.717) is 0 Å². The second-order valence-electron chi connectivity index (χ2n) is 2.53. The average Bonchev–Trinajstić information content (AvgIpc) is 2.26. The van der Waals surface area contributed by atoms with Gasteiger partial charge in [0.1, 0.15) is 12.7 Å². The maximum atomic E-state index is 10.5. The lowest BCUT2D eigenvalue weighted by Gasteiger charge is -2.09. The molecule has 1 aliphatic heterocycles. The number of hydrogen-bond acceptors (Lipinski definition) is 5. The maximum Gasteiger partial charge on any atom is 0.509 e. The minimum atomic E-state index is -0.709. The maximum absolute atomic E-state index is 10.5. The summed E-state index contributed by atoms with van der Waals surface area (Å²) in [4.78, 5) is 20.9. The molecule has 1 saturated heterocycles. The number of esters is 1. The molecule has 1 fully saturated rings. The fourth-order valence-corrected chi connectivity index (χ4v) is 0.844. The molecular formula is C7H10O5. The number of carbonyl (C=O) groups excluding carboxylic acids is 2. The quantitative estimate of drug-likeness (QED) is 0.569. The Hall–Kier alpha value is -1.26. The molecule has 0 aromatic heterocycles. The summed E-state index contributed by atoms with van der Waals surface area (Å²) >= 11 is 0. The number of carbonyl (C=O) groups is 2. The van der Waals surface area contributed by atoms with Crippen molar-refractivity contribution in [3.05, 3.63) is 0 Å². The summed E-state index contributed by atoms with van der Waals surface area (Å²) in [7, 11) is 0. The molecule has 0 spiro atoms. The van der Waals surface area contributed by atoms with Gasteiger partial charge in [0, 0.05) is 6.92 Å². The first-order valence-corrected chi connectivity index (χ1v) is 3.60. The standard InChI is InChI=1S/C7H10O5/c1-4-6(3-10-5(2)8)12-7(9)11-4/h4,6H,3H2,1-2H3. The first kappa shape index (κ1) is 8.83. The molecule has 0 radical (unpaired) electrons. The molecule has 0 amide bonds. The van der Waals surface area contributed by atoms with E-state index in [4.69, 9.17) is 0 Å². The van der Waals surface area contributed by atoms with Gasteiger partial charge in [-0.3, -0.25) is 4.79 Å². The lowest BCUT2D eigenvalue weighted by atomic mass is 10.2. The van der Waals surface area contributed by atoms with Crippen molar-refractivity contribution < 1.29 is 23.8 Å². The van der Waals surface area contributed by atoms with E-state index < -0.39 is 18.2 Å². The zero-order chi connectivity index (χ0) is 9.14. The van der Waals surface area contributed by atoms with E-state index in [0.717, 1.165) is 0 Å². The molecule has 5 nitrogen and oxygen atoms in total. The van der Waals surface area contributed by atoms with E-state index in [2.05, 4.69) is 14.2 Å². The van der Waals surface area contributed by atoms with E-state index in [1.54, 1.807) is 6.92 Å². The summed E-state index contributed by atoms with van der Waals surface area (Å²) < 4.78 is 14.0. The first-order chi connectivity index (χ1) is 5.59. The molecule has 0 aliphatic carbocycles. The van der Waals surface area contributed by atoms with Gasteiger partial charge in [-0.2, -0.15) is 0 Å². The first-order valence-electron chi connectivity index (χ1n) is 3.60. The molecule has 0 aromatic rings. The molecule has 5 heteroatoms. The van der Waals surface area contributed by atoms with Crippen LogP contribution in [0.4, 0.5) is 4.79 Å². The minimum Gasteiger partial charge on any atom is -0.462 e. The van der Waals surface area contributed by atoms with Gasteiger partial charge in [0.15, 0.2) is 6.10 Å². The Morgan fingerprint density at radius 1 is 1.58 bits per heavy atom. The van der Waals surface area contributed by atoms with Gasteiger partial charge in [-0.1, -0.05) is 0 Å². The summed E-state index contributed by atoms with van der Waals surface area (Å²) in [6.07, 6.45) is -1.53. The highest BCUT2D eigenvalue weighted by molar-refractivity contribution is 5.66. The second kappa shape index (κ2) is 3.42. The molecule has 1 heterocycles. The number of rotatable bonds is 2. The van der Waals surface area contributed by atoms with Crippen LogP contribution in [-0.2, 0) is 19.0 Å². The van der Waals surface area contributed by atoms with E-state index in [1.165, 1.54) is 6.92 Å². The van der Waals surface area contributed by atoms with Crippen LogP contribution in [-0.4, -0.2) is 30.9 Å². The predicted octanol–water partition coefficient (Wildman–Crippen LogP) is 0.473. The van der Waals surface area contributed by atoms with Crippen LogP contribution in [0.1, 0.15) is 13.8 Å². The highest BCUT2D eigenvalue weighted by Gasteiger charge is 2.33. The predicted molar refractivity (Wildman–Crippen MR) is 37.4 cm³/mol. The van der Waals surface area contributed by atoms with Crippen LogP contribution in [0, 0.1) is 0 Å². The highest BCUT2D eigenvalue weighted by atomic mass is 16.8. The molecule has 0 N–H and O–H groups in total. The van der Waals surface area contributed by atoms with Crippen molar-refractivity contribution in [1.29, 1.82) is 0 Å². The van der Waals surface area contributed by atoms with Gasteiger partial charge >= 0.3 is 12.1 Å². The Labute approximate surface area is 69.6 Å². The van der Waals surface area contributed by atoms with Crippen molar-refractivity contribution in [2.75, 3.05) is 6.61 Å². The van der Waals surface area contributed by atoms with Gasteiger partial charge in [0.05, 0.1) is 0 Å². The molecule has 0 saturated carbocycles. The molecule has 1 rings (SSSR count). The molecule has 68 valence electrons. The van der Waals surface area contributed by atoms with Crippen molar-refractivity contribution in [3.8, 4) is 0 Å². The average molecular weight is 174 g/mol. The third-order valence-electron chi connectivity index (χ3n) is 1.50. The Bertz CT molecular complexity index is 200. The molecular weight excluding hydrogens is 164 g/mol. The van der Waals surface area contributed by atoms with Crippen molar-refractivity contribution in [2.45, 2.75) is 26.1 Å². The zero-order valence-corrected chi connectivity index (χ0v) is 6.90. The fourth-order valence-electron chi connectivity index (χ4n) is 0.844. The lowest BCUT2D eigenvalue weighted by Crippen LogP contribution is -2.26. The zero-order valence-electron chi connectivity index (χ0n) is 6.90. The molecule has 2 atom stereocenters. The van der Waals surface area contributed by atoms with Gasteiger partial charge in [0.2, 0.25) is 0 Å². The molecule has 1 aliphatic rings. The van der Waals surface area contributed by atoms with Gasteiger partial charge in [-0.05, 0) is 6.92 Å². The van der Waals surface area contributed by atoms with Gasteiger partial charge < -0.3 is 14.2 Å². The van der Waals surface area contributed by atoms with E-state index >= 15 is 0 Å². The third-order valence-corrected chi connectivity index (χ3v) is 1.50. The van der Waals surface area contributed by atoms with Crippen molar-refractivity contribution in [2.24, 2.45) is 0 Å². The number of ether oxygens (including phenoxy) is 3. The van der Waals surface area contributed by atoms with Crippen LogP contribution in [0.3, 0.4) is 0 Å². The van der Waals surface area contributed by atoms with Gasteiger partial charge in [-0.15, -0.1) is 0 Å². The molecule has 0 bridgehead atoms. The second-order valence-corrected chi connectivity index (χ2v) is 2.53. The van der Waals surface area contributed by atoms with Crippen LogP contribution in [0.5, 0.6) is 0 Å². The molecule has 12 heavy (non-hydrogen) atoms. The van der Waals surface area contributed by atoms with Crippen LogP contribution >= 0.6 is 0 Å². The summed E-state index contributed by atoms with van der Waals surface area (Å²) in [5, 5.41) is 0. The summed E-state index contributed by atoms with van der Waals surface area (Å²) in [6.45, 7) is 3.03. The lowest BCUT2D eigenvalue weighted by molar-refractivity contribution is -0.143. The fraction of sp³-hybridized carbons (Fsp3) is 0.714. The van der Waals surface area contributed by atoms with Crippen LogP contribution in [0.25, 0.3) is 0 Å². The van der Waals surface area contributed by atoms with E-state index in [1.807, 2.05) is 0 Å². The van der Waals surface area contributed by atoms with Gasteiger partial charge in [-0.25, -0.2) is 4.79 Å². The Balaban J connectivity index is 2.33. The molecule has 2 unspecified atom stereocenters. The topological polar surface area (TPSA) is 61.8 Å². The highest BCUT2D eigenvalue weighted by Crippen LogP contribution is 2.14. The smallest absolute Gasteiger partial charge is 0.462 e. The monoisotopic (exact) mass is 174 g/mol. The van der Waals surface area contributed by atoms with Crippen LogP contribution < -0.4 is 0 Å². The van der Waals surface area contributed by atoms with Crippen molar-refractivity contribution in [1.82, 2.24) is 0 Å². The number of cyclic esters (lactones) is 2. The van der Waals surface area contributed by atoms with E-state index in [-0.39, 0.29) is 12.7 Å². The molecule has 0 aromatic carbocycles. The van der Waals surface area contributed by atoms with Crippen molar-refractivity contribution in [3.63, 3.8) is 0 Å². The Morgan fingerprint density at radius 3 is 2.67 bits per heavy atom.